The van der Waals surface area contributed by atoms with Crippen LogP contribution in [0.5, 0.6) is 0 Å². The van der Waals surface area contributed by atoms with Crippen LogP contribution in [0.1, 0.15) is 28.8 Å². The smallest absolute Gasteiger partial charge is 0.341 e. The van der Waals surface area contributed by atoms with E-state index >= 15 is 4.39 Å². The molecule has 3 aromatic carbocycles. The largest absolute Gasteiger partial charge is 0.477 e. The molecule has 0 aliphatic carbocycles. The average molecular weight is 579 g/mol. The molecule has 41 heavy (non-hydrogen) atoms. The first-order chi connectivity index (χ1) is 19.8. The van der Waals surface area contributed by atoms with Gasteiger partial charge in [0.1, 0.15) is 17.2 Å². The summed E-state index contributed by atoms with van der Waals surface area (Å²) >= 11 is 6.90. The van der Waals surface area contributed by atoms with E-state index in [1.807, 2.05) is 29.2 Å². The number of halogens is 3. The summed E-state index contributed by atoms with van der Waals surface area (Å²) in [6.07, 6.45) is 3.65. The van der Waals surface area contributed by atoms with Gasteiger partial charge in [-0.05, 0) is 74.0 Å². The van der Waals surface area contributed by atoms with Gasteiger partial charge in [0, 0.05) is 50.3 Å². The molecule has 1 aromatic heterocycles. The van der Waals surface area contributed by atoms with Crippen LogP contribution in [-0.2, 0) is 6.54 Å². The highest BCUT2D eigenvalue weighted by Crippen LogP contribution is 2.37. The second kappa shape index (κ2) is 11.1. The first kappa shape index (κ1) is 27.2. The molecule has 0 radical (unpaired) electrons. The maximum atomic E-state index is 15.6. The van der Waals surface area contributed by atoms with Crippen LogP contribution in [-0.4, -0.2) is 59.8 Å². The highest BCUT2D eigenvalue weighted by molar-refractivity contribution is 6.38. The lowest BCUT2D eigenvalue weighted by molar-refractivity contribution is 0.0695. The van der Waals surface area contributed by atoms with Crippen molar-refractivity contribution < 1.29 is 18.7 Å². The van der Waals surface area contributed by atoms with Gasteiger partial charge in [-0.2, -0.15) is 0 Å². The molecule has 0 unspecified atom stereocenters. The summed E-state index contributed by atoms with van der Waals surface area (Å²) in [5.41, 5.74) is 1.78. The number of carbonyl (C=O) groups is 1. The van der Waals surface area contributed by atoms with Gasteiger partial charge in [-0.25, -0.2) is 13.6 Å². The number of aromatic carboxylic acids is 1. The van der Waals surface area contributed by atoms with Gasteiger partial charge in [0.15, 0.2) is 0 Å². The Balaban J connectivity index is 1.38. The van der Waals surface area contributed by atoms with Gasteiger partial charge in [0.05, 0.1) is 21.6 Å². The first-order valence-corrected chi connectivity index (χ1v) is 14.1. The van der Waals surface area contributed by atoms with Crippen molar-refractivity contribution in [2.45, 2.75) is 19.4 Å². The Morgan fingerprint density at radius 2 is 1.46 bits per heavy atom. The maximum Gasteiger partial charge on any atom is 0.341 e. The molecule has 0 amide bonds. The van der Waals surface area contributed by atoms with Gasteiger partial charge in [-0.3, -0.25) is 9.69 Å². The fraction of sp³-hybridized carbons (Fsp3) is 0.290. The van der Waals surface area contributed by atoms with E-state index in [2.05, 4.69) is 9.80 Å². The van der Waals surface area contributed by atoms with E-state index in [1.165, 1.54) is 31.2 Å². The summed E-state index contributed by atoms with van der Waals surface area (Å²) in [7, 11) is 0. The number of likely N-dealkylation sites (tertiary alicyclic amines) is 1. The van der Waals surface area contributed by atoms with Crippen LogP contribution in [0, 0.1) is 11.6 Å². The molecule has 212 valence electrons. The number of rotatable bonds is 6. The van der Waals surface area contributed by atoms with Crippen molar-refractivity contribution in [2.75, 3.05) is 49.1 Å². The predicted octanol–water partition coefficient (Wildman–Crippen LogP) is 5.54. The van der Waals surface area contributed by atoms with Gasteiger partial charge in [0.25, 0.3) is 0 Å². The van der Waals surface area contributed by atoms with Crippen molar-refractivity contribution in [2.24, 2.45) is 0 Å². The van der Waals surface area contributed by atoms with Crippen LogP contribution >= 0.6 is 11.6 Å². The number of anilines is 2. The summed E-state index contributed by atoms with van der Waals surface area (Å²) in [5, 5.41) is 9.70. The number of benzene rings is 3. The van der Waals surface area contributed by atoms with Crippen LogP contribution in [0.3, 0.4) is 0 Å². The maximum absolute atomic E-state index is 15.6. The minimum Gasteiger partial charge on any atom is -0.477 e. The van der Waals surface area contributed by atoms with Crippen molar-refractivity contribution in [3.05, 3.63) is 98.8 Å². The molecule has 3 heterocycles. The molecule has 0 atom stereocenters. The summed E-state index contributed by atoms with van der Waals surface area (Å²) in [6, 6.07) is 15.0. The van der Waals surface area contributed by atoms with Crippen molar-refractivity contribution >= 4 is 39.8 Å². The van der Waals surface area contributed by atoms with Crippen LogP contribution in [0.15, 0.2) is 65.6 Å². The monoisotopic (exact) mass is 578 g/mol. The molecule has 10 heteroatoms. The number of piperazine rings is 1. The predicted molar refractivity (Wildman–Crippen MR) is 157 cm³/mol. The molecular formula is C31H29ClF2N4O3. The number of fused-ring (bicyclic) bond motifs is 1. The minimum atomic E-state index is -1.39. The molecule has 2 aliphatic heterocycles. The second-order valence-electron chi connectivity index (χ2n) is 10.6. The Labute approximate surface area is 240 Å². The van der Waals surface area contributed by atoms with Crippen molar-refractivity contribution in [3.63, 3.8) is 0 Å². The lowest BCUT2D eigenvalue weighted by Gasteiger charge is -2.38. The van der Waals surface area contributed by atoms with Gasteiger partial charge in [-0.15, -0.1) is 0 Å². The van der Waals surface area contributed by atoms with Crippen molar-refractivity contribution in [1.29, 1.82) is 0 Å². The van der Waals surface area contributed by atoms with Crippen LogP contribution in [0.2, 0.25) is 5.02 Å². The Morgan fingerprint density at radius 3 is 2.10 bits per heavy atom. The quantitative estimate of drug-likeness (QED) is 0.324. The number of pyridine rings is 1. The topological polar surface area (TPSA) is 69.0 Å². The van der Waals surface area contributed by atoms with E-state index in [4.69, 9.17) is 11.6 Å². The number of hydrogen-bond donors (Lipinski definition) is 1. The summed E-state index contributed by atoms with van der Waals surface area (Å²) < 4.78 is 30.6. The zero-order valence-electron chi connectivity index (χ0n) is 22.3. The fourth-order valence-electron chi connectivity index (χ4n) is 5.85. The normalized spacial score (nSPS) is 16.1. The molecule has 7 nitrogen and oxygen atoms in total. The Morgan fingerprint density at radius 1 is 0.854 bits per heavy atom. The second-order valence-corrected chi connectivity index (χ2v) is 10.9. The third-order valence-corrected chi connectivity index (χ3v) is 8.35. The molecule has 0 spiro atoms. The third-order valence-electron chi connectivity index (χ3n) is 7.99. The van der Waals surface area contributed by atoms with E-state index in [0.717, 1.165) is 37.0 Å². The summed E-state index contributed by atoms with van der Waals surface area (Å²) in [4.78, 5) is 31.4. The van der Waals surface area contributed by atoms with E-state index < -0.39 is 22.8 Å². The Kier molecular flexibility index (Phi) is 7.40. The molecule has 4 aromatic rings. The molecule has 1 N–H and O–H groups in total. The Bertz CT molecular complexity index is 1660. The minimum absolute atomic E-state index is 0.0467. The summed E-state index contributed by atoms with van der Waals surface area (Å²) in [5.74, 6) is -2.39. The van der Waals surface area contributed by atoms with Crippen LogP contribution < -0.4 is 15.2 Å². The van der Waals surface area contributed by atoms with E-state index in [0.29, 0.717) is 31.9 Å². The molecule has 2 fully saturated rings. The number of carboxylic acid groups (broad SMARTS) is 1. The molecule has 6 rings (SSSR count). The highest BCUT2D eigenvalue weighted by atomic mass is 35.5. The SMILES string of the molecule is O=C(O)c1cn(-c2ccc(CN3CCCC3)cc2)c2c(Cl)c(N3CCN(c4ccc(F)cc4)CC3)c(F)cc2c1=O. The van der Waals surface area contributed by atoms with Crippen LogP contribution in [0.4, 0.5) is 20.2 Å². The number of carboxylic acids is 1. The summed E-state index contributed by atoms with van der Waals surface area (Å²) in [6.45, 7) is 4.97. The van der Waals surface area contributed by atoms with Crippen molar-refractivity contribution in [1.82, 2.24) is 9.47 Å². The van der Waals surface area contributed by atoms with Gasteiger partial charge >= 0.3 is 5.97 Å². The molecule has 2 aliphatic rings. The average Bonchev–Trinajstić information content (AvgIpc) is 3.48. The van der Waals surface area contributed by atoms with Gasteiger partial charge in [-0.1, -0.05) is 23.7 Å². The standard InChI is InChI=1S/C31H29ClF2N4O3/c32-27-28-24(17-26(34)29(27)37-15-13-36(14-16-37)22-9-5-21(33)6-10-22)30(39)25(31(40)41)19-38(28)23-7-3-20(4-8-23)18-35-11-1-2-12-35/h3-10,17,19H,1-2,11-16,18H2,(H,40,41). The lowest BCUT2D eigenvalue weighted by atomic mass is 10.1. The van der Waals surface area contributed by atoms with Gasteiger partial charge < -0.3 is 19.5 Å². The number of aromatic nitrogens is 1. The zero-order chi connectivity index (χ0) is 28.7. The zero-order valence-corrected chi connectivity index (χ0v) is 23.1. The lowest BCUT2D eigenvalue weighted by Crippen LogP contribution is -2.47. The molecular weight excluding hydrogens is 550 g/mol. The van der Waals surface area contributed by atoms with Gasteiger partial charge in [0.2, 0.25) is 5.43 Å². The third kappa shape index (κ3) is 5.27. The van der Waals surface area contributed by atoms with E-state index in [-0.39, 0.29) is 27.4 Å². The van der Waals surface area contributed by atoms with E-state index in [9.17, 15) is 19.1 Å². The number of hydrogen-bond acceptors (Lipinski definition) is 5. The van der Waals surface area contributed by atoms with E-state index in [1.54, 1.807) is 16.7 Å². The molecule has 0 bridgehead atoms. The molecule has 0 saturated carbocycles. The highest BCUT2D eigenvalue weighted by Gasteiger charge is 2.27. The number of nitrogens with zero attached hydrogens (tertiary/aromatic N) is 4. The fourth-order valence-corrected chi connectivity index (χ4v) is 6.25. The Hall–Kier alpha value is -3.95. The van der Waals surface area contributed by atoms with Crippen LogP contribution in [0.25, 0.3) is 16.6 Å². The van der Waals surface area contributed by atoms with Crippen molar-refractivity contribution in [3.8, 4) is 5.69 Å². The molecule has 2 saturated heterocycles. The first-order valence-electron chi connectivity index (χ1n) is 13.7.